The van der Waals surface area contributed by atoms with Crippen molar-refractivity contribution in [2.45, 2.75) is 59.7 Å². The summed E-state index contributed by atoms with van der Waals surface area (Å²) in [6.07, 6.45) is 7.98. The van der Waals surface area contributed by atoms with Crippen molar-refractivity contribution in [3.63, 3.8) is 0 Å². The van der Waals surface area contributed by atoms with E-state index in [1.54, 1.807) is 41.5 Å². The van der Waals surface area contributed by atoms with Gasteiger partial charge in [-0.1, -0.05) is 24.3 Å². The molecule has 0 aliphatic rings. The lowest BCUT2D eigenvalue weighted by atomic mass is 10.1. The number of methoxy groups -OCH3 is 2. The third kappa shape index (κ3) is 14.5. The minimum Gasteiger partial charge on any atom is -0.494 e. The molecule has 0 radical (unpaired) electrons. The molecule has 2 heterocycles. The number of benzene rings is 2. The Morgan fingerprint density at radius 2 is 1.67 bits per heavy atom. The lowest BCUT2D eigenvalue weighted by Gasteiger charge is -2.19. The SMILES string of the molecule is CCn1nc(C)cc1C(=O)Nc1nc2cc(C(N)=O)cc(OC)c2n1C/C=C/CNc1ccc(C(N)=O)cc1[N+](=O)[O-].COC/C=C/CNCCCNC(=O)OC(C)(C)C. The summed E-state index contributed by atoms with van der Waals surface area (Å²) in [5.74, 6) is -1.36. The third-order valence-corrected chi connectivity index (χ3v) is 8.21. The number of imidazole rings is 1. The monoisotopic (exact) mass is 833 g/mol. The summed E-state index contributed by atoms with van der Waals surface area (Å²) in [5.41, 5.74) is 12.3. The van der Waals surface area contributed by atoms with Gasteiger partial charge in [0.25, 0.3) is 11.6 Å². The summed E-state index contributed by atoms with van der Waals surface area (Å²) in [5, 5.41) is 27.5. The molecule has 60 heavy (non-hydrogen) atoms. The quantitative estimate of drug-likeness (QED) is 0.0314. The van der Waals surface area contributed by atoms with Crippen molar-refractivity contribution >= 4 is 52.2 Å². The highest BCUT2D eigenvalue weighted by Crippen LogP contribution is 2.31. The Balaban J connectivity index is 0.000000450. The number of ether oxygens (including phenoxy) is 3. The molecule has 20 heteroatoms. The number of aryl methyl sites for hydroxylation is 2. The van der Waals surface area contributed by atoms with E-state index in [1.807, 2.05) is 39.8 Å². The second-order valence-electron chi connectivity index (χ2n) is 14.0. The second kappa shape index (κ2) is 23.0. The Kier molecular flexibility index (Phi) is 18.2. The minimum atomic E-state index is -0.771. The van der Waals surface area contributed by atoms with Crippen LogP contribution in [0.5, 0.6) is 5.75 Å². The number of nitrogens with zero attached hydrogens (tertiary/aromatic N) is 5. The van der Waals surface area contributed by atoms with E-state index in [0.717, 1.165) is 25.6 Å². The van der Waals surface area contributed by atoms with E-state index >= 15 is 0 Å². The van der Waals surface area contributed by atoms with Crippen LogP contribution < -0.4 is 37.5 Å². The molecule has 0 aliphatic heterocycles. The zero-order valence-corrected chi connectivity index (χ0v) is 35.0. The lowest BCUT2D eigenvalue weighted by Crippen LogP contribution is -2.33. The number of amides is 4. The maximum Gasteiger partial charge on any atom is 0.407 e. The number of primary amides is 2. The Labute approximate surface area is 347 Å². The molecule has 4 amide bonds. The first-order valence-corrected chi connectivity index (χ1v) is 19.0. The molecule has 8 N–H and O–H groups in total. The second-order valence-corrected chi connectivity index (χ2v) is 14.0. The average Bonchev–Trinajstić information content (AvgIpc) is 3.75. The van der Waals surface area contributed by atoms with Crippen LogP contribution in [0, 0.1) is 17.0 Å². The zero-order chi connectivity index (χ0) is 44.4. The molecule has 0 atom stereocenters. The molecule has 4 rings (SSSR count). The Bertz CT molecular complexity index is 2190. The van der Waals surface area contributed by atoms with Crippen LogP contribution in [0.3, 0.4) is 0 Å². The first kappa shape index (κ1) is 47.6. The Morgan fingerprint density at radius 3 is 2.30 bits per heavy atom. The summed E-state index contributed by atoms with van der Waals surface area (Å²) in [4.78, 5) is 63.2. The van der Waals surface area contributed by atoms with E-state index in [-0.39, 0.29) is 47.6 Å². The van der Waals surface area contributed by atoms with Gasteiger partial charge in [-0.15, -0.1) is 0 Å². The molecular formula is C40H55N11O9. The zero-order valence-electron chi connectivity index (χ0n) is 35.0. The number of hydrogen-bond donors (Lipinski definition) is 6. The predicted octanol–water partition coefficient (Wildman–Crippen LogP) is 4.29. The molecular weight excluding hydrogens is 779 g/mol. The fourth-order valence-electron chi connectivity index (χ4n) is 5.50. The van der Waals surface area contributed by atoms with Gasteiger partial charge in [-0.3, -0.25) is 34.5 Å². The maximum atomic E-state index is 13.2. The molecule has 0 saturated carbocycles. The molecule has 2 aromatic heterocycles. The largest absolute Gasteiger partial charge is 0.494 e. The van der Waals surface area contributed by atoms with Crippen LogP contribution in [-0.2, 0) is 22.6 Å². The fourth-order valence-corrected chi connectivity index (χ4v) is 5.50. The van der Waals surface area contributed by atoms with Crippen LogP contribution in [0.15, 0.2) is 60.7 Å². The summed E-state index contributed by atoms with van der Waals surface area (Å²) in [6.45, 7) is 13.0. The van der Waals surface area contributed by atoms with Gasteiger partial charge in [0.1, 0.15) is 28.2 Å². The molecule has 0 bridgehead atoms. The number of aromatic nitrogens is 4. The topological polar surface area (TPSA) is 275 Å². The van der Waals surface area contributed by atoms with Crippen LogP contribution in [0.4, 0.5) is 22.1 Å². The van der Waals surface area contributed by atoms with Gasteiger partial charge >= 0.3 is 6.09 Å². The van der Waals surface area contributed by atoms with Gasteiger partial charge in [0.15, 0.2) is 0 Å². The van der Waals surface area contributed by atoms with Gasteiger partial charge in [-0.2, -0.15) is 5.10 Å². The number of fused-ring (bicyclic) bond motifs is 1. The lowest BCUT2D eigenvalue weighted by molar-refractivity contribution is -0.384. The summed E-state index contributed by atoms with van der Waals surface area (Å²) >= 11 is 0. The first-order chi connectivity index (χ1) is 28.5. The molecule has 0 fully saturated rings. The van der Waals surface area contributed by atoms with Crippen molar-refractivity contribution in [2.75, 3.05) is 57.6 Å². The highest BCUT2D eigenvalue weighted by molar-refractivity contribution is 6.04. The Hall–Kier alpha value is -6.80. The minimum absolute atomic E-state index is 0.0231. The average molecular weight is 834 g/mol. The molecule has 0 saturated heterocycles. The van der Waals surface area contributed by atoms with E-state index in [2.05, 4.69) is 31.3 Å². The number of nitro benzene ring substituents is 1. The van der Waals surface area contributed by atoms with Gasteiger partial charge < -0.3 is 46.2 Å². The van der Waals surface area contributed by atoms with E-state index < -0.39 is 28.2 Å². The molecule has 4 aromatic rings. The number of nitrogens with two attached hydrogens (primary N) is 2. The van der Waals surface area contributed by atoms with E-state index in [9.17, 15) is 29.3 Å². The Morgan fingerprint density at radius 1 is 0.950 bits per heavy atom. The number of allylic oxidation sites excluding steroid dienone is 1. The number of alkyl carbamates (subject to hydrolysis) is 1. The van der Waals surface area contributed by atoms with Crippen molar-refractivity contribution in [1.29, 1.82) is 0 Å². The smallest absolute Gasteiger partial charge is 0.407 e. The molecule has 0 aliphatic carbocycles. The molecule has 20 nitrogen and oxygen atoms in total. The fraction of sp³-hybridized carbons (Fsp3) is 0.400. The normalized spacial score (nSPS) is 11.3. The van der Waals surface area contributed by atoms with Crippen LogP contribution >= 0.6 is 0 Å². The van der Waals surface area contributed by atoms with Crippen molar-refractivity contribution in [3.05, 3.63) is 93.3 Å². The van der Waals surface area contributed by atoms with E-state index in [1.165, 1.54) is 31.4 Å². The van der Waals surface area contributed by atoms with E-state index in [4.69, 9.17) is 25.7 Å². The van der Waals surface area contributed by atoms with Crippen LogP contribution in [-0.4, -0.2) is 101 Å². The van der Waals surface area contributed by atoms with E-state index in [0.29, 0.717) is 47.9 Å². The number of rotatable bonds is 20. The number of nitrogens with one attached hydrogen (secondary N) is 4. The number of carbonyl (C=O) groups is 4. The summed E-state index contributed by atoms with van der Waals surface area (Å²) in [7, 11) is 3.11. The van der Waals surface area contributed by atoms with Crippen molar-refractivity contribution < 1.29 is 38.3 Å². The molecule has 0 spiro atoms. The van der Waals surface area contributed by atoms with Gasteiger partial charge in [-0.05, 0) is 77.9 Å². The number of hydrogen-bond acceptors (Lipinski definition) is 13. The van der Waals surface area contributed by atoms with Crippen molar-refractivity contribution in [2.24, 2.45) is 11.5 Å². The molecule has 2 aromatic carbocycles. The van der Waals surface area contributed by atoms with Crippen LogP contribution in [0.25, 0.3) is 11.0 Å². The van der Waals surface area contributed by atoms with Crippen LogP contribution in [0.2, 0.25) is 0 Å². The first-order valence-electron chi connectivity index (χ1n) is 19.0. The van der Waals surface area contributed by atoms with Gasteiger partial charge in [0.05, 0.1) is 29.9 Å². The van der Waals surface area contributed by atoms with Crippen LogP contribution in [0.1, 0.15) is 71.0 Å². The highest BCUT2D eigenvalue weighted by Gasteiger charge is 2.22. The summed E-state index contributed by atoms with van der Waals surface area (Å²) in [6, 6.07) is 8.58. The number of carbonyl (C=O) groups excluding carboxylic acids is 4. The van der Waals surface area contributed by atoms with Crippen molar-refractivity contribution in [3.8, 4) is 5.75 Å². The predicted molar refractivity (Wildman–Crippen MR) is 227 cm³/mol. The highest BCUT2D eigenvalue weighted by atomic mass is 16.6. The standard InChI is InChI=1S/C27H29N9O6.C13H26N2O3/c1-4-35-21(11-15(2)33-35)26(39)32-27-31-19-12-17(25(29)38)14-22(42-3)23(19)34(27)10-6-5-9-30-18-8-7-16(24(28)37)13-20(18)36(40)41;1-13(2,3)18-12(16)15-10-7-9-14-8-5-6-11-17-4/h5-8,11-14,30H,4,9-10H2,1-3H3,(H2,28,37)(H2,29,38)(H,31,32,39);5-6,14H,7-11H2,1-4H3,(H,15,16)/b2*6-5+. The molecule has 0 unspecified atom stereocenters. The number of anilines is 2. The molecule has 324 valence electrons. The van der Waals surface area contributed by atoms with Crippen molar-refractivity contribution in [1.82, 2.24) is 30.0 Å². The summed E-state index contributed by atoms with van der Waals surface area (Å²) < 4.78 is 18.8. The van der Waals surface area contributed by atoms with Gasteiger partial charge in [0, 0.05) is 57.0 Å². The van der Waals surface area contributed by atoms with Gasteiger partial charge in [-0.25, -0.2) is 9.78 Å². The van der Waals surface area contributed by atoms with Gasteiger partial charge in [0.2, 0.25) is 17.8 Å². The third-order valence-electron chi connectivity index (χ3n) is 8.21. The maximum absolute atomic E-state index is 13.2. The number of nitro groups is 1.